The second-order valence-electron chi connectivity index (χ2n) is 7.00. The standard InChI is InChI=1S/C18H38N4O6/c19-9-5-1-3-7-11-22(12-8-4-2-6-10-20)18(28)16(26)14(24)13(23)15(25)17(21)27/h13-16,23-26H,1-12,19-20H2,(H2,21,27)/t13-,14-,15-,16+/m0/s1. The SMILES string of the molecule is NCCCCCCN(CCCCCCN)C(=O)[C@H](O)[C@@H](O)[C@H](O)[C@H](O)C(N)=O. The maximum atomic E-state index is 12.6. The molecule has 0 rings (SSSR count). The first-order chi connectivity index (χ1) is 13.3. The lowest BCUT2D eigenvalue weighted by Gasteiger charge is -2.30. The van der Waals surface area contributed by atoms with E-state index >= 15 is 0 Å². The van der Waals surface area contributed by atoms with Crippen LogP contribution in [-0.2, 0) is 9.59 Å². The van der Waals surface area contributed by atoms with Gasteiger partial charge in [-0.2, -0.15) is 0 Å². The number of unbranched alkanes of at least 4 members (excludes halogenated alkanes) is 6. The molecular weight excluding hydrogens is 368 g/mol. The first kappa shape index (κ1) is 26.7. The number of rotatable bonds is 17. The van der Waals surface area contributed by atoms with Crippen molar-refractivity contribution >= 4 is 11.8 Å². The summed E-state index contributed by atoms with van der Waals surface area (Å²) in [5, 5.41) is 39.3. The van der Waals surface area contributed by atoms with Gasteiger partial charge in [-0.05, 0) is 38.8 Å². The summed E-state index contributed by atoms with van der Waals surface area (Å²) in [7, 11) is 0. The van der Waals surface area contributed by atoms with Crippen molar-refractivity contribution in [2.45, 2.75) is 75.8 Å². The van der Waals surface area contributed by atoms with Crippen molar-refractivity contribution in [2.75, 3.05) is 26.2 Å². The van der Waals surface area contributed by atoms with E-state index in [9.17, 15) is 30.0 Å². The quantitative estimate of drug-likeness (QED) is 0.132. The van der Waals surface area contributed by atoms with Gasteiger partial charge in [0.2, 0.25) is 5.91 Å². The lowest BCUT2D eigenvalue weighted by atomic mass is 10.0. The highest BCUT2D eigenvalue weighted by molar-refractivity contribution is 5.82. The summed E-state index contributed by atoms with van der Waals surface area (Å²) in [5.41, 5.74) is 15.8. The van der Waals surface area contributed by atoms with Crippen LogP contribution in [0.5, 0.6) is 0 Å². The number of primary amides is 1. The molecule has 0 saturated carbocycles. The van der Waals surface area contributed by atoms with E-state index in [1.54, 1.807) is 0 Å². The molecule has 0 radical (unpaired) electrons. The van der Waals surface area contributed by atoms with Gasteiger partial charge in [-0.15, -0.1) is 0 Å². The van der Waals surface area contributed by atoms with Crippen molar-refractivity contribution in [3.8, 4) is 0 Å². The van der Waals surface area contributed by atoms with Crippen molar-refractivity contribution in [3.63, 3.8) is 0 Å². The first-order valence-corrected chi connectivity index (χ1v) is 9.98. The molecule has 0 heterocycles. The molecule has 0 bridgehead atoms. The van der Waals surface area contributed by atoms with E-state index in [1.807, 2.05) is 0 Å². The Kier molecular flexibility index (Phi) is 14.9. The van der Waals surface area contributed by atoms with Crippen LogP contribution in [0.3, 0.4) is 0 Å². The summed E-state index contributed by atoms with van der Waals surface area (Å²) >= 11 is 0. The summed E-state index contributed by atoms with van der Waals surface area (Å²) in [6, 6.07) is 0. The smallest absolute Gasteiger partial charge is 0.254 e. The summed E-state index contributed by atoms with van der Waals surface area (Å²) in [6.45, 7) is 1.99. The normalized spacial score (nSPS) is 15.6. The molecule has 0 aliphatic heterocycles. The van der Waals surface area contributed by atoms with Crippen LogP contribution in [0.1, 0.15) is 51.4 Å². The zero-order valence-corrected chi connectivity index (χ0v) is 16.6. The minimum Gasteiger partial charge on any atom is -0.387 e. The molecule has 2 amide bonds. The van der Waals surface area contributed by atoms with E-state index < -0.39 is 36.2 Å². The fraction of sp³-hybridized carbons (Fsp3) is 0.889. The summed E-state index contributed by atoms with van der Waals surface area (Å²) < 4.78 is 0. The zero-order valence-electron chi connectivity index (χ0n) is 16.6. The Morgan fingerprint density at radius 1 is 0.679 bits per heavy atom. The molecule has 0 saturated heterocycles. The van der Waals surface area contributed by atoms with Crippen molar-refractivity contribution in [2.24, 2.45) is 17.2 Å². The van der Waals surface area contributed by atoms with Crippen molar-refractivity contribution in [1.82, 2.24) is 4.90 Å². The Hall–Kier alpha value is -1.30. The first-order valence-electron chi connectivity index (χ1n) is 9.98. The molecule has 10 N–H and O–H groups in total. The van der Waals surface area contributed by atoms with E-state index in [0.717, 1.165) is 38.5 Å². The second kappa shape index (κ2) is 15.6. The third-order valence-electron chi connectivity index (χ3n) is 4.62. The number of aliphatic hydroxyl groups excluding tert-OH is 4. The number of carbonyl (C=O) groups is 2. The molecule has 166 valence electrons. The molecule has 0 unspecified atom stereocenters. The molecule has 0 aromatic rings. The fourth-order valence-electron chi connectivity index (χ4n) is 2.81. The number of carbonyl (C=O) groups excluding carboxylic acids is 2. The van der Waals surface area contributed by atoms with E-state index in [1.165, 1.54) is 4.90 Å². The van der Waals surface area contributed by atoms with E-state index in [4.69, 9.17) is 17.2 Å². The predicted molar refractivity (Wildman–Crippen MR) is 105 cm³/mol. The molecule has 28 heavy (non-hydrogen) atoms. The monoisotopic (exact) mass is 406 g/mol. The molecular formula is C18H38N4O6. The summed E-state index contributed by atoms with van der Waals surface area (Å²) in [5.74, 6) is -2.02. The molecule has 0 aromatic heterocycles. The number of hydrogen-bond acceptors (Lipinski definition) is 8. The van der Waals surface area contributed by atoms with Gasteiger partial charge in [-0.1, -0.05) is 25.7 Å². The number of nitrogens with zero attached hydrogens (tertiary/aromatic N) is 1. The Bertz CT molecular complexity index is 426. The van der Waals surface area contributed by atoms with Gasteiger partial charge in [0.15, 0.2) is 12.2 Å². The Balaban J connectivity index is 4.80. The Labute approximate surface area is 166 Å². The average molecular weight is 407 g/mol. The van der Waals surface area contributed by atoms with Crippen molar-refractivity contribution < 1.29 is 30.0 Å². The molecule has 0 spiro atoms. The molecule has 4 atom stereocenters. The highest BCUT2D eigenvalue weighted by Gasteiger charge is 2.38. The van der Waals surface area contributed by atoms with Crippen molar-refractivity contribution in [1.29, 1.82) is 0 Å². The third-order valence-corrected chi connectivity index (χ3v) is 4.62. The number of nitrogens with two attached hydrogens (primary N) is 3. The van der Waals surface area contributed by atoms with Gasteiger partial charge in [0.25, 0.3) is 5.91 Å². The number of amides is 2. The van der Waals surface area contributed by atoms with E-state index in [2.05, 4.69) is 0 Å². The minimum atomic E-state index is -2.08. The topological polar surface area (TPSA) is 196 Å². The number of hydrogen-bond donors (Lipinski definition) is 7. The van der Waals surface area contributed by atoms with Crippen LogP contribution >= 0.6 is 0 Å². The minimum absolute atomic E-state index is 0.387. The summed E-state index contributed by atoms with van der Waals surface area (Å²) in [4.78, 5) is 25.0. The van der Waals surface area contributed by atoms with Crippen LogP contribution in [0.25, 0.3) is 0 Å². The van der Waals surface area contributed by atoms with Crippen LogP contribution in [0, 0.1) is 0 Å². The van der Waals surface area contributed by atoms with E-state index in [0.29, 0.717) is 39.0 Å². The molecule has 0 aromatic carbocycles. The maximum Gasteiger partial charge on any atom is 0.254 e. The molecule has 10 nitrogen and oxygen atoms in total. The van der Waals surface area contributed by atoms with Gasteiger partial charge in [-0.3, -0.25) is 9.59 Å². The van der Waals surface area contributed by atoms with Gasteiger partial charge in [-0.25, -0.2) is 0 Å². The highest BCUT2D eigenvalue weighted by atomic mass is 16.4. The van der Waals surface area contributed by atoms with Crippen LogP contribution in [-0.4, -0.2) is 87.7 Å². The van der Waals surface area contributed by atoms with Crippen LogP contribution in [0.2, 0.25) is 0 Å². The second-order valence-corrected chi connectivity index (χ2v) is 7.00. The molecule has 0 aliphatic rings. The average Bonchev–Trinajstić information content (AvgIpc) is 2.68. The van der Waals surface area contributed by atoms with Gasteiger partial charge < -0.3 is 42.5 Å². The predicted octanol–water partition coefficient (Wildman–Crippen LogP) is -2.22. The Morgan fingerprint density at radius 3 is 1.46 bits per heavy atom. The molecule has 0 fully saturated rings. The lowest BCUT2D eigenvalue weighted by Crippen LogP contribution is -2.54. The van der Waals surface area contributed by atoms with E-state index in [-0.39, 0.29) is 0 Å². The summed E-state index contributed by atoms with van der Waals surface area (Å²) in [6.07, 6.45) is -1.33. The third kappa shape index (κ3) is 10.3. The van der Waals surface area contributed by atoms with Crippen LogP contribution in [0.15, 0.2) is 0 Å². The molecule has 10 heteroatoms. The largest absolute Gasteiger partial charge is 0.387 e. The van der Waals surface area contributed by atoms with Crippen molar-refractivity contribution in [3.05, 3.63) is 0 Å². The van der Waals surface area contributed by atoms with Gasteiger partial charge in [0, 0.05) is 13.1 Å². The van der Waals surface area contributed by atoms with Gasteiger partial charge in [0.05, 0.1) is 0 Å². The van der Waals surface area contributed by atoms with Crippen LogP contribution < -0.4 is 17.2 Å². The fourth-order valence-corrected chi connectivity index (χ4v) is 2.81. The highest BCUT2D eigenvalue weighted by Crippen LogP contribution is 2.12. The maximum absolute atomic E-state index is 12.6. The van der Waals surface area contributed by atoms with Gasteiger partial charge in [0.1, 0.15) is 12.2 Å². The van der Waals surface area contributed by atoms with Crippen LogP contribution in [0.4, 0.5) is 0 Å². The lowest BCUT2D eigenvalue weighted by molar-refractivity contribution is -0.160. The zero-order chi connectivity index (χ0) is 21.5. The Morgan fingerprint density at radius 2 is 1.07 bits per heavy atom. The molecule has 0 aliphatic carbocycles. The van der Waals surface area contributed by atoms with Gasteiger partial charge >= 0.3 is 0 Å². The number of aliphatic hydroxyl groups is 4.